The summed E-state index contributed by atoms with van der Waals surface area (Å²) in [6.07, 6.45) is 5.65. The molecule has 82 valence electrons. The molecule has 4 N–H and O–H groups in total. The molecular weight excluding hydrogens is 180 g/mol. The zero-order valence-corrected chi connectivity index (χ0v) is 8.54. The van der Waals surface area contributed by atoms with Crippen LogP contribution in [0.1, 0.15) is 32.1 Å². The highest BCUT2D eigenvalue weighted by atomic mass is 16.4. The fourth-order valence-corrected chi connectivity index (χ4v) is 2.16. The highest BCUT2D eigenvalue weighted by molar-refractivity contribution is 5.73. The van der Waals surface area contributed by atoms with Crippen LogP contribution in [-0.2, 0) is 4.79 Å². The number of hydrogen-bond acceptors (Lipinski definition) is 3. The zero-order valence-electron chi connectivity index (χ0n) is 8.54. The Hall–Kier alpha value is -0.610. The molecule has 0 aromatic carbocycles. The number of hydrogen-bond donors (Lipinski definition) is 3. The highest BCUT2D eigenvalue weighted by Gasteiger charge is 2.28. The van der Waals surface area contributed by atoms with Crippen LogP contribution in [-0.4, -0.2) is 30.2 Å². The Bertz CT molecular complexity index is 179. The van der Waals surface area contributed by atoms with Gasteiger partial charge < -0.3 is 16.2 Å². The topological polar surface area (TPSA) is 75.3 Å². The summed E-state index contributed by atoms with van der Waals surface area (Å²) < 4.78 is 0. The summed E-state index contributed by atoms with van der Waals surface area (Å²) in [6, 6.07) is -0.390. The lowest BCUT2D eigenvalue weighted by molar-refractivity contribution is -0.141. The first-order chi connectivity index (χ1) is 6.75. The molecule has 1 atom stereocenters. The van der Waals surface area contributed by atoms with Gasteiger partial charge in [0.2, 0.25) is 0 Å². The van der Waals surface area contributed by atoms with Gasteiger partial charge in [-0.2, -0.15) is 0 Å². The summed E-state index contributed by atoms with van der Waals surface area (Å²) in [6.45, 7) is 1.09. The third-order valence-corrected chi connectivity index (χ3v) is 2.90. The molecule has 0 heterocycles. The van der Waals surface area contributed by atoms with Gasteiger partial charge in [-0.15, -0.1) is 0 Å². The molecule has 0 aliphatic heterocycles. The maximum atomic E-state index is 11.0. The quantitative estimate of drug-likeness (QED) is 0.606. The average Bonchev–Trinajstić information content (AvgIpc) is 2.19. The maximum absolute atomic E-state index is 11.0. The van der Waals surface area contributed by atoms with Crippen LogP contribution in [0, 0.1) is 5.92 Å². The van der Waals surface area contributed by atoms with E-state index in [0.29, 0.717) is 19.0 Å². The standard InChI is InChI=1S/C10H20N2O2/c11-6-7-12-9(10(13)14)8-4-2-1-3-5-8/h8-9,12H,1-7,11H2,(H,13,14)/t9-/m0/s1. The van der Waals surface area contributed by atoms with Gasteiger partial charge in [0.1, 0.15) is 6.04 Å². The summed E-state index contributed by atoms with van der Waals surface area (Å²) >= 11 is 0. The van der Waals surface area contributed by atoms with E-state index in [9.17, 15) is 4.79 Å². The van der Waals surface area contributed by atoms with E-state index in [2.05, 4.69) is 5.32 Å². The summed E-state index contributed by atoms with van der Waals surface area (Å²) in [5, 5.41) is 12.1. The molecule has 0 amide bonds. The zero-order chi connectivity index (χ0) is 10.4. The lowest BCUT2D eigenvalue weighted by atomic mass is 9.84. The third kappa shape index (κ3) is 3.27. The molecule has 0 bridgehead atoms. The van der Waals surface area contributed by atoms with Crippen molar-refractivity contribution in [3.05, 3.63) is 0 Å². The average molecular weight is 200 g/mol. The van der Waals surface area contributed by atoms with Gasteiger partial charge in [-0.3, -0.25) is 4.79 Å². The predicted octanol–water partition coefficient (Wildman–Crippen LogP) is 0.568. The van der Waals surface area contributed by atoms with Gasteiger partial charge in [0.15, 0.2) is 0 Å². The van der Waals surface area contributed by atoms with E-state index in [-0.39, 0.29) is 6.04 Å². The minimum atomic E-state index is -0.731. The molecule has 1 rings (SSSR count). The normalized spacial score (nSPS) is 20.6. The van der Waals surface area contributed by atoms with Gasteiger partial charge in [0.05, 0.1) is 0 Å². The fourth-order valence-electron chi connectivity index (χ4n) is 2.16. The second-order valence-corrected chi connectivity index (χ2v) is 3.96. The molecule has 1 saturated carbocycles. The molecule has 0 spiro atoms. The monoisotopic (exact) mass is 200 g/mol. The minimum absolute atomic E-state index is 0.299. The van der Waals surface area contributed by atoms with Crippen LogP contribution < -0.4 is 11.1 Å². The van der Waals surface area contributed by atoms with Crippen LogP contribution in [0.5, 0.6) is 0 Å². The van der Waals surface area contributed by atoms with Crippen molar-refractivity contribution in [3.63, 3.8) is 0 Å². The van der Waals surface area contributed by atoms with Crippen molar-refractivity contribution < 1.29 is 9.90 Å². The number of nitrogens with two attached hydrogens (primary N) is 1. The van der Waals surface area contributed by atoms with Crippen molar-refractivity contribution >= 4 is 5.97 Å². The van der Waals surface area contributed by atoms with Crippen molar-refractivity contribution in [1.29, 1.82) is 0 Å². The Morgan fingerprint density at radius 3 is 2.57 bits per heavy atom. The fraction of sp³-hybridized carbons (Fsp3) is 0.900. The van der Waals surface area contributed by atoms with Gasteiger partial charge >= 0.3 is 5.97 Å². The van der Waals surface area contributed by atoms with Crippen molar-refractivity contribution in [2.24, 2.45) is 11.7 Å². The first-order valence-electron chi connectivity index (χ1n) is 5.42. The SMILES string of the molecule is NCCN[C@H](C(=O)O)C1CCCCC1. The lowest BCUT2D eigenvalue weighted by Crippen LogP contribution is -2.45. The molecule has 4 nitrogen and oxygen atoms in total. The Labute approximate surface area is 84.9 Å². The number of carboxylic acids is 1. The van der Waals surface area contributed by atoms with Crippen molar-refractivity contribution in [1.82, 2.24) is 5.32 Å². The van der Waals surface area contributed by atoms with Crippen molar-refractivity contribution in [2.45, 2.75) is 38.1 Å². The van der Waals surface area contributed by atoms with Gasteiger partial charge in [-0.25, -0.2) is 0 Å². The third-order valence-electron chi connectivity index (χ3n) is 2.90. The van der Waals surface area contributed by atoms with Crippen LogP contribution in [0.4, 0.5) is 0 Å². The van der Waals surface area contributed by atoms with E-state index in [1.165, 1.54) is 19.3 Å². The molecule has 0 unspecified atom stereocenters. The summed E-state index contributed by atoms with van der Waals surface area (Å²) in [4.78, 5) is 11.0. The number of rotatable bonds is 5. The van der Waals surface area contributed by atoms with E-state index in [1.54, 1.807) is 0 Å². The number of carbonyl (C=O) groups is 1. The molecule has 4 heteroatoms. The molecule has 0 saturated heterocycles. The van der Waals surface area contributed by atoms with Crippen LogP contribution in [0.2, 0.25) is 0 Å². The second-order valence-electron chi connectivity index (χ2n) is 3.96. The molecule has 1 fully saturated rings. The van der Waals surface area contributed by atoms with E-state index in [0.717, 1.165) is 12.8 Å². The Morgan fingerprint density at radius 2 is 2.07 bits per heavy atom. The second kappa shape index (κ2) is 5.98. The summed E-state index contributed by atoms with van der Waals surface area (Å²) in [5.41, 5.74) is 5.35. The van der Waals surface area contributed by atoms with Gasteiger partial charge in [0.25, 0.3) is 0 Å². The minimum Gasteiger partial charge on any atom is -0.480 e. The Balaban J connectivity index is 2.43. The number of aliphatic carboxylic acids is 1. The van der Waals surface area contributed by atoms with Crippen LogP contribution in [0.25, 0.3) is 0 Å². The smallest absolute Gasteiger partial charge is 0.320 e. The van der Waals surface area contributed by atoms with Crippen molar-refractivity contribution in [3.8, 4) is 0 Å². The van der Waals surface area contributed by atoms with Crippen LogP contribution >= 0.6 is 0 Å². The largest absolute Gasteiger partial charge is 0.480 e. The van der Waals surface area contributed by atoms with Gasteiger partial charge in [0, 0.05) is 13.1 Å². The first kappa shape index (κ1) is 11.5. The van der Waals surface area contributed by atoms with E-state index in [4.69, 9.17) is 10.8 Å². The molecule has 0 aromatic heterocycles. The van der Waals surface area contributed by atoms with Crippen LogP contribution in [0.3, 0.4) is 0 Å². The van der Waals surface area contributed by atoms with E-state index >= 15 is 0 Å². The first-order valence-corrected chi connectivity index (χ1v) is 5.42. The van der Waals surface area contributed by atoms with Gasteiger partial charge in [-0.1, -0.05) is 19.3 Å². The predicted molar refractivity (Wildman–Crippen MR) is 55.1 cm³/mol. The summed E-state index contributed by atoms with van der Waals surface area (Å²) in [7, 11) is 0. The van der Waals surface area contributed by atoms with Crippen LogP contribution in [0.15, 0.2) is 0 Å². The summed E-state index contributed by atoms with van der Waals surface area (Å²) in [5.74, 6) is -0.432. The van der Waals surface area contributed by atoms with Gasteiger partial charge in [-0.05, 0) is 18.8 Å². The molecule has 0 radical (unpaired) electrons. The van der Waals surface area contributed by atoms with E-state index < -0.39 is 5.97 Å². The number of nitrogens with one attached hydrogen (secondary N) is 1. The Morgan fingerprint density at radius 1 is 1.43 bits per heavy atom. The molecule has 14 heavy (non-hydrogen) atoms. The lowest BCUT2D eigenvalue weighted by Gasteiger charge is -2.27. The molecule has 1 aliphatic rings. The number of carboxylic acid groups (broad SMARTS) is 1. The van der Waals surface area contributed by atoms with E-state index in [1.807, 2.05) is 0 Å². The Kier molecular flexibility index (Phi) is 4.90. The molecular formula is C10H20N2O2. The molecule has 0 aromatic rings. The highest BCUT2D eigenvalue weighted by Crippen LogP contribution is 2.26. The maximum Gasteiger partial charge on any atom is 0.320 e. The molecule has 1 aliphatic carbocycles. The van der Waals surface area contributed by atoms with Crippen molar-refractivity contribution in [2.75, 3.05) is 13.1 Å².